The average Bonchev–Trinajstić information content (AvgIpc) is 3.04. The third-order valence-electron chi connectivity index (χ3n) is 5.24. The Morgan fingerprint density at radius 3 is 2.40 bits per heavy atom. The Bertz CT molecular complexity index is 998. The first-order valence-corrected chi connectivity index (χ1v) is 10.3. The number of hydrogen-bond acceptors (Lipinski definition) is 4. The SMILES string of the molecule is O=C(Nc1ccc(N2CCCCCC2)cc1)c1cccnc1Nc1cccc(F)c1. The minimum atomic E-state index is -0.355. The van der Waals surface area contributed by atoms with Crippen molar-refractivity contribution in [2.75, 3.05) is 28.6 Å². The van der Waals surface area contributed by atoms with Gasteiger partial charge in [-0.2, -0.15) is 0 Å². The zero-order valence-corrected chi connectivity index (χ0v) is 16.8. The van der Waals surface area contributed by atoms with E-state index in [0.717, 1.165) is 18.8 Å². The molecule has 30 heavy (non-hydrogen) atoms. The second kappa shape index (κ2) is 9.39. The van der Waals surface area contributed by atoms with Crippen LogP contribution < -0.4 is 15.5 Å². The van der Waals surface area contributed by atoms with Crippen molar-refractivity contribution >= 4 is 28.8 Å². The summed E-state index contributed by atoms with van der Waals surface area (Å²) in [7, 11) is 0. The molecule has 154 valence electrons. The zero-order valence-electron chi connectivity index (χ0n) is 16.8. The van der Waals surface area contributed by atoms with Crippen molar-refractivity contribution < 1.29 is 9.18 Å². The highest BCUT2D eigenvalue weighted by molar-refractivity contribution is 6.07. The van der Waals surface area contributed by atoms with Gasteiger partial charge in [0.15, 0.2) is 0 Å². The Kier molecular flexibility index (Phi) is 6.23. The summed E-state index contributed by atoms with van der Waals surface area (Å²) in [4.78, 5) is 19.5. The van der Waals surface area contributed by atoms with Crippen LogP contribution in [0.3, 0.4) is 0 Å². The first-order chi connectivity index (χ1) is 14.7. The van der Waals surface area contributed by atoms with E-state index in [1.165, 1.54) is 43.5 Å². The number of rotatable bonds is 5. The van der Waals surface area contributed by atoms with Gasteiger partial charge in [0.25, 0.3) is 5.91 Å². The van der Waals surface area contributed by atoms with Crippen LogP contribution >= 0.6 is 0 Å². The van der Waals surface area contributed by atoms with E-state index in [-0.39, 0.29) is 11.7 Å². The summed E-state index contributed by atoms with van der Waals surface area (Å²) in [5.74, 6) is -0.252. The molecule has 0 unspecified atom stereocenters. The van der Waals surface area contributed by atoms with Gasteiger partial charge in [0.1, 0.15) is 11.6 Å². The van der Waals surface area contributed by atoms with Crippen LogP contribution in [0.1, 0.15) is 36.0 Å². The molecule has 0 atom stereocenters. The Morgan fingerprint density at radius 1 is 0.900 bits per heavy atom. The van der Waals surface area contributed by atoms with E-state index in [1.807, 2.05) is 12.1 Å². The predicted molar refractivity (Wildman–Crippen MR) is 119 cm³/mol. The number of nitrogens with zero attached hydrogens (tertiary/aromatic N) is 2. The monoisotopic (exact) mass is 404 g/mol. The molecule has 0 aliphatic carbocycles. The average molecular weight is 404 g/mol. The topological polar surface area (TPSA) is 57.3 Å². The molecule has 1 aromatic heterocycles. The number of carbonyl (C=O) groups is 1. The molecule has 5 nitrogen and oxygen atoms in total. The van der Waals surface area contributed by atoms with Crippen LogP contribution in [0.2, 0.25) is 0 Å². The highest BCUT2D eigenvalue weighted by Gasteiger charge is 2.14. The van der Waals surface area contributed by atoms with Gasteiger partial charge in [0, 0.05) is 36.3 Å². The number of nitrogens with one attached hydrogen (secondary N) is 2. The largest absolute Gasteiger partial charge is 0.372 e. The van der Waals surface area contributed by atoms with Gasteiger partial charge in [0.05, 0.1) is 5.56 Å². The number of aromatic nitrogens is 1. The summed E-state index contributed by atoms with van der Waals surface area (Å²) in [6.45, 7) is 2.16. The lowest BCUT2D eigenvalue weighted by molar-refractivity contribution is 0.102. The number of halogens is 1. The normalized spacial score (nSPS) is 14.1. The van der Waals surface area contributed by atoms with Gasteiger partial charge in [-0.05, 0) is 67.4 Å². The van der Waals surface area contributed by atoms with Crippen LogP contribution in [0.5, 0.6) is 0 Å². The van der Waals surface area contributed by atoms with Gasteiger partial charge in [0.2, 0.25) is 0 Å². The third-order valence-corrected chi connectivity index (χ3v) is 5.24. The van der Waals surface area contributed by atoms with Crippen molar-refractivity contribution in [3.05, 3.63) is 78.2 Å². The predicted octanol–water partition coefficient (Wildman–Crippen LogP) is 5.60. The van der Waals surface area contributed by atoms with Crippen LogP contribution in [-0.2, 0) is 0 Å². The molecule has 1 saturated heterocycles. The van der Waals surface area contributed by atoms with E-state index in [2.05, 4.69) is 32.7 Å². The zero-order chi connectivity index (χ0) is 20.8. The highest BCUT2D eigenvalue weighted by atomic mass is 19.1. The van der Waals surface area contributed by atoms with Crippen LogP contribution in [0, 0.1) is 5.82 Å². The van der Waals surface area contributed by atoms with Crippen LogP contribution in [0.4, 0.5) is 27.3 Å². The molecule has 1 aliphatic heterocycles. The number of amides is 1. The molecule has 0 saturated carbocycles. The van der Waals surface area contributed by atoms with Crippen molar-refractivity contribution in [1.82, 2.24) is 4.98 Å². The quantitative estimate of drug-likeness (QED) is 0.581. The molecule has 1 aliphatic rings. The molecule has 2 N–H and O–H groups in total. The molecule has 2 aromatic carbocycles. The maximum atomic E-state index is 13.5. The van der Waals surface area contributed by atoms with E-state index in [4.69, 9.17) is 0 Å². The van der Waals surface area contributed by atoms with Crippen molar-refractivity contribution in [2.45, 2.75) is 25.7 Å². The fourth-order valence-corrected chi connectivity index (χ4v) is 3.67. The minimum Gasteiger partial charge on any atom is -0.372 e. The maximum absolute atomic E-state index is 13.5. The molecule has 0 radical (unpaired) electrons. The Labute approximate surface area is 176 Å². The van der Waals surface area contributed by atoms with E-state index < -0.39 is 0 Å². The van der Waals surface area contributed by atoms with Crippen LogP contribution in [-0.4, -0.2) is 24.0 Å². The lowest BCUT2D eigenvalue weighted by Crippen LogP contribution is -2.23. The van der Waals surface area contributed by atoms with Crippen LogP contribution in [0.25, 0.3) is 0 Å². The molecule has 3 aromatic rings. The van der Waals surface area contributed by atoms with Crippen molar-refractivity contribution in [1.29, 1.82) is 0 Å². The Balaban J connectivity index is 1.46. The van der Waals surface area contributed by atoms with E-state index in [0.29, 0.717) is 17.1 Å². The minimum absolute atomic E-state index is 0.274. The van der Waals surface area contributed by atoms with Gasteiger partial charge in [-0.25, -0.2) is 9.37 Å². The summed E-state index contributed by atoms with van der Waals surface area (Å²) in [6.07, 6.45) is 6.62. The molecular weight excluding hydrogens is 379 g/mol. The summed E-state index contributed by atoms with van der Waals surface area (Å²) in [5, 5.41) is 5.95. The molecule has 0 spiro atoms. The molecule has 1 fully saturated rings. The van der Waals surface area contributed by atoms with E-state index in [1.54, 1.807) is 30.5 Å². The van der Waals surface area contributed by atoms with Crippen LogP contribution in [0.15, 0.2) is 66.9 Å². The molecule has 4 rings (SSSR count). The van der Waals surface area contributed by atoms with Crippen molar-refractivity contribution in [3.8, 4) is 0 Å². The summed E-state index contributed by atoms with van der Waals surface area (Å²) in [5.41, 5.74) is 2.83. The lowest BCUT2D eigenvalue weighted by atomic mass is 10.2. The van der Waals surface area contributed by atoms with Crippen molar-refractivity contribution in [3.63, 3.8) is 0 Å². The fraction of sp³-hybridized carbons (Fsp3) is 0.250. The van der Waals surface area contributed by atoms with Gasteiger partial charge in [-0.1, -0.05) is 18.9 Å². The number of benzene rings is 2. The van der Waals surface area contributed by atoms with E-state index >= 15 is 0 Å². The van der Waals surface area contributed by atoms with Crippen molar-refractivity contribution in [2.24, 2.45) is 0 Å². The fourth-order valence-electron chi connectivity index (χ4n) is 3.67. The summed E-state index contributed by atoms with van der Waals surface area (Å²) in [6, 6.07) is 17.4. The van der Waals surface area contributed by atoms with Gasteiger partial charge < -0.3 is 15.5 Å². The van der Waals surface area contributed by atoms with E-state index in [9.17, 15) is 9.18 Å². The molecular formula is C24H25FN4O. The maximum Gasteiger partial charge on any atom is 0.259 e. The molecule has 0 bridgehead atoms. The number of carbonyl (C=O) groups excluding carboxylic acids is 1. The number of pyridine rings is 1. The number of hydrogen-bond donors (Lipinski definition) is 2. The Hall–Kier alpha value is -3.41. The molecule has 2 heterocycles. The number of anilines is 4. The van der Waals surface area contributed by atoms with Gasteiger partial charge >= 0.3 is 0 Å². The standard InChI is InChI=1S/C24H25FN4O/c25-18-7-5-8-20(17-18)27-23-22(9-6-14-26-23)24(30)28-19-10-12-21(13-11-19)29-15-3-1-2-4-16-29/h5-14,17H,1-4,15-16H2,(H,26,27)(H,28,30). The second-order valence-corrected chi connectivity index (χ2v) is 7.44. The highest BCUT2D eigenvalue weighted by Crippen LogP contribution is 2.23. The first-order valence-electron chi connectivity index (χ1n) is 10.3. The lowest BCUT2D eigenvalue weighted by Gasteiger charge is -2.22. The first kappa shape index (κ1) is 19.9. The molecule has 6 heteroatoms. The smallest absolute Gasteiger partial charge is 0.259 e. The Morgan fingerprint density at radius 2 is 1.67 bits per heavy atom. The third kappa shape index (κ3) is 4.95. The summed E-state index contributed by atoms with van der Waals surface area (Å²) < 4.78 is 13.5. The van der Waals surface area contributed by atoms with Gasteiger partial charge in [-0.3, -0.25) is 4.79 Å². The second-order valence-electron chi connectivity index (χ2n) is 7.44. The molecule has 1 amide bonds. The summed E-state index contributed by atoms with van der Waals surface area (Å²) >= 11 is 0. The van der Waals surface area contributed by atoms with Gasteiger partial charge in [-0.15, -0.1) is 0 Å².